The number of sulfonamides is 1. The van der Waals surface area contributed by atoms with Gasteiger partial charge < -0.3 is 4.90 Å². The third-order valence-corrected chi connectivity index (χ3v) is 7.21. The van der Waals surface area contributed by atoms with E-state index in [1.165, 1.54) is 4.31 Å². The topological polar surface area (TPSA) is 57.7 Å². The van der Waals surface area contributed by atoms with Gasteiger partial charge in [-0.15, -0.1) is 0 Å². The molecule has 0 spiro atoms. The van der Waals surface area contributed by atoms with Crippen LogP contribution in [-0.4, -0.2) is 49.7 Å². The normalized spacial score (nSPS) is 15.5. The first-order valence-corrected chi connectivity index (χ1v) is 10.9. The number of hydrogen-bond acceptors (Lipinski definition) is 3. The summed E-state index contributed by atoms with van der Waals surface area (Å²) in [7, 11) is -3.62. The van der Waals surface area contributed by atoms with E-state index in [1.807, 2.05) is 13.0 Å². The van der Waals surface area contributed by atoms with E-state index in [-0.39, 0.29) is 55.4 Å². The van der Waals surface area contributed by atoms with Gasteiger partial charge in [-0.05, 0) is 55.7 Å². The zero-order valence-corrected chi connectivity index (χ0v) is 17.3. The molecule has 29 heavy (non-hydrogen) atoms. The Bertz CT molecular complexity index is 1020. The van der Waals surface area contributed by atoms with E-state index < -0.39 is 21.7 Å². The van der Waals surface area contributed by atoms with Crippen molar-refractivity contribution >= 4 is 15.9 Å². The molecule has 2 aromatic carbocycles. The van der Waals surface area contributed by atoms with Crippen molar-refractivity contribution < 1.29 is 22.0 Å². The largest absolute Gasteiger partial charge is 0.340 e. The summed E-state index contributed by atoms with van der Waals surface area (Å²) in [5.74, 6) is -1.28. The van der Waals surface area contributed by atoms with Gasteiger partial charge in [-0.2, -0.15) is 4.31 Å². The number of halogens is 2. The molecule has 1 amide bonds. The van der Waals surface area contributed by atoms with Gasteiger partial charge in [-0.1, -0.05) is 17.7 Å². The van der Waals surface area contributed by atoms with E-state index in [0.717, 1.165) is 23.8 Å². The minimum atomic E-state index is -3.62. The van der Waals surface area contributed by atoms with E-state index in [1.54, 1.807) is 24.0 Å². The van der Waals surface area contributed by atoms with Gasteiger partial charge in [0.25, 0.3) is 0 Å². The van der Waals surface area contributed by atoms with E-state index in [0.29, 0.717) is 5.56 Å². The van der Waals surface area contributed by atoms with Crippen molar-refractivity contribution in [3.05, 3.63) is 64.7 Å². The molecule has 0 radical (unpaired) electrons. The maximum atomic E-state index is 13.7. The molecule has 1 aliphatic rings. The van der Waals surface area contributed by atoms with Crippen LogP contribution in [0.3, 0.4) is 0 Å². The highest BCUT2D eigenvalue weighted by Crippen LogP contribution is 2.22. The molecule has 0 aliphatic carbocycles. The van der Waals surface area contributed by atoms with E-state index in [4.69, 9.17) is 0 Å². The molecule has 1 aliphatic heterocycles. The van der Waals surface area contributed by atoms with Crippen LogP contribution in [0.4, 0.5) is 8.78 Å². The van der Waals surface area contributed by atoms with Crippen molar-refractivity contribution in [2.24, 2.45) is 0 Å². The molecule has 0 unspecified atom stereocenters. The Balaban J connectivity index is 1.59. The summed E-state index contributed by atoms with van der Waals surface area (Å²) in [6.45, 7) is 4.63. The monoisotopic (exact) mass is 422 g/mol. The van der Waals surface area contributed by atoms with Gasteiger partial charge >= 0.3 is 0 Å². The van der Waals surface area contributed by atoms with Gasteiger partial charge in [-0.25, -0.2) is 17.2 Å². The summed E-state index contributed by atoms with van der Waals surface area (Å²) >= 11 is 0. The lowest BCUT2D eigenvalue weighted by Gasteiger charge is -2.34. The molecule has 2 aromatic rings. The van der Waals surface area contributed by atoms with E-state index >= 15 is 0 Å². The fourth-order valence-electron chi connectivity index (χ4n) is 3.54. The molecular formula is C21H24F2N2O3S. The Morgan fingerprint density at radius 3 is 2.34 bits per heavy atom. The minimum Gasteiger partial charge on any atom is -0.340 e. The lowest BCUT2D eigenvalue weighted by molar-refractivity contribution is -0.132. The van der Waals surface area contributed by atoms with Crippen molar-refractivity contribution in [3.8, 4) is 0 Å². The highest BCUT2D eigenvalue weighted by atomic mass is 32.2. The minimum absolute atomic E-state index is 0.0458. The van der Waals surface area contributed by atoms with Crippen LogP contribution in [0.1, 0.15) is 23.1 Å². The number of carbonyl (C=O) groups is 1. The second-order valence-corrected chi connectivity index (χ2v) is 9.20. The predicted octanol–water partition coefficient (Wildman–Crippen LogP) is 3.05. The number of amides is 1. The fourth-order valence-corrected chi connectivity index (χ4v) is 5.17. The molecule has 156 valence electrons. The van der Waals surface area contributed by atoms with Gasteiger partial charge in [0.05, 0.1) is 4.90 Å². The molecular weight excluding hydrogens is 398 g/mol. The Labute approximate surface area is 170 Å². The first-order chi connectivity index (χ1) is 13.7. The first kappa shape index (κ1) is 21.4. The number of aryl methyl sites for hydroxylation is 3. The van der Waals surface area contributed by atoms with Crippen molar-refractivity contribution in [2.45, 2.75) is 31.6 Å². The number of nitrogens with zero attached hydrogens (tertiary/aromatic N) is 2. The Kier molecular flexibility index (Phi) is 6.33. The number of rotatable bonds is 5. The quantitative estimate of drug-likeness (QED) is 0.744. The summed E-state index contributed by atoms with van der Waals surface area (Å²) in [6, 6.07) is 8.40. The zero-order valence-electron chi connectivity index (χ0n) is 16.5. The van der Waals surface area contributed by atoms with Crippen LogP contribution in [0.15, 0.2) is 41.3 Å². The van der Waals surface area contributed by atoms with Crippen LogP contribution >= 0.6 is 0 Å². The summed E-state index contributed by atoms with van der Waals surface area (Å²) in [5, 5.41) is 0. The zero-order chi connectivity index (χ0) is 21.2. The summed E-state index contributed by atoms with van der Waals surface area (Å²) in [4.78, 5) is 14.3. The molecule has 0 bridgehead atoms. The average molecular weight is 422 g/mol. The van der Waals surface area contributed by atoms with Crippen molar-refractivity contribution in [2.75, 3.05) is 26.2 Å². The summed E-state index contributed by atoms with van der Waals surface area (Å²) in [6.07, 6.45) is 0.147. The molecule has 3 rings (SSSR count). The molecule has 1 saturated heterocycles. The lowest BCUT2D eigenvalue weighted by Crippen LogP contribution is -2.50. The maximum absolute atomic E-state index is 13.7. The molecule has 1 heterocycles. The van der Waals surface area contributed by atoms with Gasteiger partial charge in [0.15, 0.2) is 0 Å². The van der Waals surface area contributed by atoms with Crippen LogP contribution in [0.25, 0.3) is 0 Å². The Morgan fingerprint density at radius 2 is 1.69 bits per heavy atom. The number of hydrogen-bond donors (Lipinski definition) is 0. The number of benzene rings is 2. The summed E-state index contributed by atoms with van der Waals surface area (Å²) in [5.41, 5.74) is 1.85. The van der Waals surface area contributed by atoms with Crippen molar-refractivity contribution in [1.29, 1.82) is 0 Å². The molecule has 0 aromatic heterocycles. The van der Waals surface area contributed by atoms with Gasteiger partial charge in [0.2, 0.25) is 15.9 Å². The molecule has 1 fully saturated rings. The Morgan fingerprint density at radius 1 is 1.00 bits per heavy atom. The highest BCUT2D eigenvalue weighted by Gasteiger charge is 2.30. The first-order valence-electron chi connectivity index (χ1n) is 9.47. The van der Waals surface area contributed by atoms with E-state index in [2.05, 4.69) is 0 Å². The molecule has 8 heteroatoms. The van der Waals surface area contributed by atoms with E-state index in [9.17, 15) is 22.0 Å². The average Bonchev–Trinajstić information content (AvgIpc) is 2.68. The predicted molar refractivity (Wildman–Crippen MR) is 106 cm³/mol. The molecule has 0 saturated carbocycles. The van der Waals surface area contributed by atoms with Crippen LogP contribution in [0, 0.1) is 25.5 Å². The molecule has 5 nitrogen and oxygen atoms in total. The van der Waals surface area contributed by atoms with Gasteiger partial charge in [-0.3, -0.25) is 4.79 Å². The van der Waals surface area contributed by atoms with Crippen LogP contribution in [0.5, 0.6) is 0 Å². The summed E-state index contributed by atoms with van der Waals surface area (Å²) < 4.78 is 54.2. The maximum Gasteiger partial charge on any atom is 0.243 e. The standard InChI is InChI=1S/C21H24F2N2O3S/c1-15-3-7-20(16(2)13-15)29(27,28)25-11-9-24(10-12-25)21(26)8-4-17-14-18(22)5-6-19(17)23/h3,5-7,13-14H,4,8-12H2,1-2H3. The second-order valence-electron chi connectivity index (χ2n) is 7.29. The highest BCUT2D eigenvalue weighted by molar-refractivity contribution is 7.89. The molecule has 0 atom stereocenters. The van der Waals surface area contributed by atoms with Crippen LogP contribution in [-0.2, 0) is 21.2 Å². The second kappa shape index (κ2) is 8.59. The van der Waals surface area contributed by atoms with Gasteiger partial charge in [0, 0.05) is 32.6 Å². The Hall–Kier alpha value is -2.32. The van der Waals surface area contributed by atoms with Crippen molar-refractivity contribution in [1.82, 2.24) is 9.21 Å². The van der Waals surface area contributed by atoms with Crippen LogP contribution < -0.4 is 0 Å². The number of carbonyl (C=O) groups excluding carboxylic acids is 1. The third kappa shape index (κ3) is 4.82. The van der Waals surface area contributed by atoms with Crippen molar-refractivity contribution in [3.63, 3.8) is 0 Å². The molecule has 0 N–H and O–H groups in total. The lowest BCUT2D eigenvalue weighted by atomic mass is 10.1. The fraction of sp³-hybridized carbons (Fsp3) is 0.381. The number of piperazine rings is 1. The SMILES string of the molecule is Cc1ccc(S(=O)(=O)N2CCN(C(=O)CCc3cc(F)ccc3F)CC2)c(C)c1. The smallest absolute Gasteiger partial charge is 0.243 e. The third-order valence-electron chi connectivity index (χ3n) is 5.16. The van der Waals surface area contributed by atoms with Gasteiger partial charge in [0.1, 0.15) is 11.6 Å². The van der Waals surface area contributed by atoms with Crippen LogP contribution in [0.2, 0.25) is 0 Å².